The van der Waals surface area contributed by atoms with Crippen molar-refractivity contribution in [3.63, 3.8) is 0 Å². The molecular weight excluding hydrogens is 186 g/mol. The third-order valence-corrected chi connectivity index (χ3v) is 2.37. The summed E-state index contributed by atoms with van der Waals surface area (Å²) in [6.07, 6.45) is 0. The lowest BCUT2D eigenvalue weighted by Gasteiger charge is -2.04. The highest BCUT2D eigenvalue weighted by Crippen LogP contribution is 2.23. The number of ketones is 1. The summed E-state index contributed by atoms with van der Waals surface area (Å²) in [5.74, 6) is -0.0381. The van der Waals surface area contributed by atoms with Crippen LogP contribution in [-0.4, -0.2) is 5.78 Å². The van der Waals surface area contributed by atoms with Gasteiger partial charge in [0, 0.05) is 5.56 Å². The second kappa shape index (κ2) is 3.59. The minimum absolute atomic E-state index is 0.0381. The van der Waals surface area contributed by atoms with E-state index in [1.807, 2.05) is 6.07 Å². The average molecular weight is 194 g/mol. The lowest BCUT2D eigenvalue weighted by atomic mass is 10.0. The lowest BCUT2D eigenvalue weighted by molar-refractivity contribution is 0.101. The summed E-state index contributed by atoms with van der Waals surface area (Å²) in [5.41, 5.74) is 1.65. The fourth-order valence-electron chi connectivity index (χ4n) is 1.15. The Morgan fingerprint density at radius 1 is 1.54 bits per heavy atom. The van der Waals surface area contributed by atoms with E-state index in [1.165, 1.54) is 6.92 Å². The summed E-state index contributed by atoms with van der Waals surface area (Å²) in [4.78, 5) is 11.1. The Morgan fingerprint density at radius 3 is 2.62 bits per heavy atom. The van der Waals surface area contributed by atoms with Gasteiger partial charge in [-0.15, -0.1) is 0 Å². The highest BCUT2D eigenvalue weighted by atomic mass is 35.5. The van der Waals surface area contributed by atoms with Gasteiger partial charge < -0.3 is 0 Å². The number of carbonyl (C=O) groups excluding carboxylic acids is 1. The molecule has 0 bridgehead atoms. The molecule has 0 aliphatic carbocycles. The Hall–Kier alpha value is -1.33. The number of Topliss-reactive ketones (excluding diaryl/α,β-unsaturated/α-hetero) is 1. The first-order valence-corrected chi connectivity index (χ1v) is 4.16. The molecule has 0 aliphatic heterocycles. The van der Waals surface area contributed by atoms with Crippen molar-refractivity contribution in [2.45, 2.75) is 13.8 Å². The van der Waals surface area contributed by atoms with E-state index in [-0.39, 0.29) is 5.78 Å². The standard InChI is InChI=1S/C10H8ClNO/c1-6-9(7(2)13)4-3-8(5-12)10(6)11/h3-4H,1-2H3. The van der Waals surface area contributed by atoms with Gasteiger partial charge in [-0.25, -0.2) is 0 Å². The summed E-state index contributed by atoms with van der Waals surface area (Å²) < 4.78 is 0. The fourth-order valence-corrected chi connectivity index (χ4v) is 1.36. The van der Waals surface area contributed by atoms with Crippen molar-refractivity contribution >= 4 is 17.4 Å². The lowest BCUT2D eigenvalue weighted by Crippen LogP contribution is -1.97. The van der Waals surface area contributed by atoms with E-state index in [0.717, 1.165) is 0 Å². The van der Waals surface area contributed by atoms with E-state index in [0.29, 0.717) is 21.7 Å². The third-order valence-electron chi connectivity index (χ3n) is 1.89. The Balaban J connectivity index is 3.42. The molecule has 0 fully saturated rings. The van der Waals surface area contributed by atoms with Crippen LogP contribution in [0.5, 0.6) is 0 Å². The molecule has 0 heterocycles. The van der Waals surface area contributed by atoms with E-state index in [1.54, 1.807) is 19.1 Å². The van der Waals surface area contributed by atoms with Gasteiger partial charge in [0.05, 0.1) is 10.6 Å². The van der Waals surface area contributed by atoms with E-state index in [4.69, 9.17) is 16.9 Å². The highest BCUT2D eigenvalue weighted by Gasteiger charge is 2.10. The maximum absolute atomic E-state index is 11.1. The van der Waals surface area contributed by atoms with Gasteiger partial charge in [-0.1, -0.05) is 11.6 Å². The quantitative estimate of drug-likeness (QED) is 0.644. The molecule has 13 heavy (non-hydrogen) atoms. The number of benzene rings is 1. The van der Waals surface area contributed by atoms with Crippen LogP contribution in [0.3, 0.4) is 0 Å². The van der Waals surface area contributed by atoms with Crippen molar-refractivity contribution in [2.24, 2.45) is 0 Å². The maximum Gasteiger partial charge on any atom is 0.160 e. The Kier molecular flexibility index (Phi) is 2.69. The molecule has 0 N–H and O–H groups in total. The van der Waals surface area contributed by atoms with Gasteiger partial charge in [0.2, 0.25) is 0 Å². The second-order valence-corrected chi connectivity index (χ2v) is 3.15. The summed E-state index contributed by atoms with van der Waals surface area (Å²) in [6, 6.07) is 5.15. The van der Waals surface area contributed by atoms with Crippen LogP contribution in [0.2, 0.25) is 5.02 Å². The van der Waals surface area contributed by atoms with Crippen LogP contribution in [0.25, 0.3) is 0 Å². The summed E-state index contributed by atoms with van der Waals surface area (Å²) in [7, 11) is 0. The van der Waals surface area contributed by atoms with E-state index < -0.39 is 0 Å². The molecule has 1 aromatic carbocycles. The molecule has 0 radical (unpaired) electrons. The van der Waals surface area contributed by atoms with Crippen LogP contribution >= 0.6 is 11.6 Å². The normalized spacial score (nSPS) is 9.38. The number of nitriles is 1. The van der Waals surface area contributed by atoms with Gasteiger partial charge in [0.25, 0.3) is 0 Å². The number of rotatable bonds is 1. The number of hydrogen-bond donors (Lipinski definition) is 0. The molecule has 0 unspecified atom stereocenters. The minimum atomic E-state index is -0.0381. The second-order valence-electron chi connectivity index (χ2n) is 2.77. The van der Waals surface area contributed by atoms with Crippen LogP contribution in [0.15, 0.2) is 12.1 Å². The molecule has 2 nitrogen and oxygen atoms in total. The van der Waals surface area contributed by atoms with Crippen molar-refractivity contribution in [1.29, 1.82) is 5.26 Å². The fraction of sp³-hybridized carbons (Fsp3) is 0.200. The van der Waals surface area contributed by atoms with Crippen LogP contribution < -0.4 is 0 Å². The monoisotopic (exact) mass is 193 g/mol. The third kappa shape index (κ3) is 1.71. The molecule has 66 valence electrons. The first kappa shape index (κ1) is 9.76. The number of carbonyl (C=O) groups is 1. The van der Waals surface area contributed by atoms with Crippen LogP contribution in [-0.2, 0) is 0 Å². The molecular formula is C10H8ClNO. The van der Waals surface area contributed by atoms with Gasteiger partial charge in [-0.3, -0.25) is 4.79 Å². The molecule has 3 heteroatoms. The minimum Gasteiger partial charge on any atom is -0.295 e. The largest absolute Gasteiger partial charge is 0.295 e. The summed E-state index contributed by atoms with van der Waals surface area (Å²) in [6.45, 7) is 3.21. The summed E-state index contributed by atoms with van der Waals surface area (Å²) in [5, 5.41) is 9.02. The van der Waals surface area contributed by atoms with Crippen molar-refractivity contribution in [2.75, 3.05) is 0 Å². The van der Waals surface area contributed by atoms with Gasteiger partial charge in [0.1, 0.15) is 6.07 Å². The number of hydrogen-bond acceptors (Lipinski definition) is 2. The van der Waals surface area contributed by atoms with E-state index in [9.17, 15) is 4.79 Å². The van der Waals surface area contributed by atoms with Gasteiger partial charge in [0.15, 0.2) is 5.78 Å². The zero-order chi connectivity index (χ0) is 10.0. The molecule has 0 saturated heterocycles. The molecule has 1 rings (SSSR count). The Labute approximate surface area is 81.7 Å². The molecule has 1 aromatic rings. The zero-order valence-corrected chi connectivity index (χ0v) is 8.14. The number of nitrogens with zero attached hydrogens (tertiary/aromatic N) is 1. The molecule has 0 aliphatic rings. The molecule has 0 saturated carbocycles. The van der Waals surface area contributed by atoms with Crippen LogP contribution in [0.4, 0.5) is 0 Å². The van der Waals surface area contributed by atoms with E-state index >= 15 is 0 Å². The Morgan fingerprint density at radius 2 is 2.15 bits per heavy atom. The topological polar surface area (TPSA) is 40.9 Å². The molecule has 0 atom stereocenters. The molecule has 0 aromatic heterocycles. The predicted octanol–water partition coefficient (Wildman–Crippen LogP) is 2.72. The van der Waals surface area contributed by atoms with Crippen molar-refractivity contribution in [3.8, 4) is 6.07 Å². The summed E-state index contributed by atoms with van der Waals surface area (Å²) >= 11 is 5.87. The molecule has 0 amide bonds. The smallest absolute Gasteiger partial charge is 0.160 e. The van der Waals surface area contributed by atoms with Crippen molar-refractivity contribution < 1.29 is 4.79 Å². The first-order chi connectivity index (χ1) is 6.07. The Bertz CT molecular complexity index is 404. The maximum atomic E-state index is 11.1. The SMILES string of the molecule is CC(=O)c1ccc(C#N)c(Cl)c1C. The van der Waals surface area contributed by atoms with Crippen LogP contribution in [0.1, 0.15) is 28.4 Å². The predicted molar refractivity (Wildman–Crippen MR) is 50.9 cm³/mol. The first-order valence-electron chi connectivity index (χ1n) is 3.78. The van der Waals surface area contributed by atoms with E-state index in [2.05, 4.69) is 0 Å². The molecule has 0 spiro atoms. The zero-order valence-electron chi connectivity index (χ0n) is 7.39. The average Bonchev–Trinajstić information content (AvgIpc) is 2.09. The van der Waals surface area contributed by atoms with Gasteiger partial charge in [-0.2, -0.15) is 5.26 Å². The van der Waals surface area contributed by atoms with Gasteiger partial charge >= 0.3 is 0 Å². The van der Waals surface area contributed by atoms with Crippen molar-refractivity contribution in [1.82, 2.24) is 0 Å². The van der Waals surface area contributed by atoms with Crippen molar-refractivity contribution in [3.05, 3.63) is 33.8 Å². The van der Waals surface area contributed by atoms with Gasteiger partial charge in [-0.05, 0) is 31.5 Å². The number of halogens is 1. The highest BCUT2D eigenvalue weighted by molar-refractivity contribution is 6.33. The van der Waals surface area contributed by atoms with Crippen LogP contribution in [0, 0.1) is 18.3 Å².